The van der Waals surface area contributed by atoms with Crippen molar-refractivity contribution >= 4 is 11.8 Å². The third kappa shape index (κ3) is 3.41. The van der Waals surface area contributed by atoms with Crippen LogP contribution in [0.3, 0.4) is 0 Å². The molecule has 2 rings (SSSR count). The summed E-state index contributed by atoms with van der Waals surface area (Å²) < 4.78 is 0. The van der Waals surface area contributed by atoms with E-state index in [4.69, 9.17) is 0 Å². The van der Waals surface area contributed by atoms with Crippen LogP contribution in [-0.4, -0.2) is 29.6 Å². The normalized spacial score (nSPS) is 18.1. The average molecular weight is 276 g/mol. The van der Waals surface area contributed by atoms with Crippen molar-refractivity contribution in [1.29, 1.82) is 0 Å². The second-order valence-corrected chi connectivity index (χ2v) is 5.86. The molecule has 0 unspecified atom stereocenters. The molecule has 1 aliphatic rings. The van der Waals surface area contributed by atoms with Crippen LogP contribution in [0, 0.1) is 5.41 Å². The predicted molar refractivity (Wildman–Crippen MR) is 85.3 cm³/mol. The minimum Gasteiger partial charge on any atom is -0.356 e. The van der Waals surface area contributed by atoms with Gasteiger partial charge in [0, 0.05) is 25.8 Å². The van der Waals surface area contributed by atoms with Crippen LogP contribution in [0.1, 0.15) is 52.9 Å². The van der Waals surface area contributed by atoms with Crippen LogP contribution in [-0.2, 0) is 0 Å². The van der Waals surface area contributed by atoms with Crippen molar-refractivity contribution in [2.45, 2.75) is 52.9 Å². The zero-order valence-corrected chi connectivity index (χ0v) is 13.2. The molecule has 0 atom stereocenters. The first-order valence-electron chi connectivity index (χ1n) is 8.05. The van der Waals surface area contributed by atoms with Crippen LogP contribution in [0.25, 0.3) is 0 Å². The van der Waals surface area contributed by atoms with E-state index in [1.165, 1.54) is 25.7 Å². The quantitative estimate of drug-likeness (QED) is 0.860. The summed E-state index contributed by atoms with van der Waals surface area (Å²) in [6.45, 7) is 9.97. The fourth-order valence-electron chi connectivity index (χ4n) is 3.01. The Morgan fingerprint density at radius 3 is 2.50 bits per heavy atom. The highest BCUT2D eigenvalue weighted by Crippen LogP contribution is 2.38. The zero-order chi connectivity index (χ0) is 14.4. The van der Waals surface area contributed by atoms with Gasteiger partial charge in [-0.1, -0.05) is 33.6 Å². The van der Waals surface area contributed by atoms with Gasteiger partial charge < -0.3 is 10.2 Å². The zero-order valence-electron chi connectivity index (χ0n) is 13.2. The van der Waals surface area contributed by atoms with E-state index >= 15 is 0 Å². The maximum atomic E-state index is 4.64. The number of hydrogen-bond donors (Lipinski definition) is 1. The van der Waals surface area contributed by atoms with E-state index in [0.717, 1.165) is 37.8 Å². The molecule has 0 aliphatic carbocycles. The Kier molecular flexibility index (Phi) is 5.21. The molecule has 1 aromatic rings. The first-order chi connectivity index (χ1) is 9.73. The lowest BCUT2D eigenvalue weighted by Gasteiger charge is -2.41. The summed E-state index contributed by atoms with van der Waals surface area (Å²) in [4.78, 5) is 11.3. The molecule has 0 spiro atoms. The maximum Gasteiger partial charge on any atom is 0.224 e. The average Bonchev–Trinajstić information content (AvgIpc) is 2.53. The molecule has 0 radical (unpaired) electrons. The molecule has 4 nitrogen and oxygen atoms in total. The molecule has 112 valence electrons. The van der Waals surface area contributed by atoms with Crippen LogP contribution in [0.15, 0.2) is 12.3 Å². The molecular formula is C16H28N4. The Morgan fingerprint density at radius 1 is 1.20 bits per heavy atom. The number of anilines is 2. The minimum atomic E-state index is 0.562. The molecule has 20 heavy (non-hydrogen) atoms. The van der Waals surface area contributed by atoms with E-state index in [1.807, 2.05) is 12.3 Å². The van der Waals surface area contributed by atoms with Crippen LogP contribution in [0.5, 0.6) is 0 Å². The molecule has 0 aromatic carbocycles. The largest absolute Gasteiger partial charge is 0.356 e. The summed E-state index contributed by atoms with van der Waals surface area (Å²) in [5.41, 5.74) is 0.562. The Morgan fingerprint density at radius 2 is 1.90 bits per heavy atom. The van der Waals surface area contributed by atoms with Crippen molar-refractivity contribution < 1.29 is 0 Å². The summed E-state index contributed by atoms with van der Waals surface area (Å²) >= 11 is 0. The first-order valence-corrected chi connectivity index (χ1v) is 8.05. The van der Waals surface area contributed by atoms with Crippen molar-refractivity contribution in [2.24, 2.45) is 5.41 Å². The lowest BCUT2D eigenvalue weighted by Crippen LogP contribution is -2.40. The minimum absolute atomic E-state index is 0.562. The Hall–Kier alpha value is -1.32. The van der Waals surface area contributed by atoms with Gasteiger partial charge in [0.1, 0.15) is 5.82 Å². The van der Waals surface area contributed by atoms with Crippen LogP contribution < -0.4 is 10.2 Å². The Bertz CT molecular complexity index is 405. The number of aromatic nitrogens is 2. The molecule has 1 fully saturated rings. The third-order valence-electron chi connectivity index (χ3n) is 4.82. The van der Waals surface area contributed by atoms with Crippen LogP contribution in [0.4, 0.5) is 11.8 Å². The topological polar surface area (TPSA) is 41.1 Å². The van der Waals surface area contributed by atoms with Crippen molar-refractivity contribution in [3.8, 4) is 0 Å². The summed E-state index contributed by atoms with van der Waals surface area (Å²) in [6.07, 6.45) is 8.10. The standard InChI is InChI=1S/C16H28N4/c1-4-10-17-15-18-11-7-14(19-15)20-12-8-16(5-2,6-3)9-13-20/h7,11H,4-6,8-10,12-13H2,1-3H3,(H,17,18,19). The molecule has 1 aromatic heterocycles. The van der Waals surface area contributed by atoms with E-state index < -0.39 is 0 Å². The van der Waals surface area contributed by atoms with E-state index in [-0.39, 0.29) is 0 Å². The molecule has 4 heteroatoms. The fourth-order valence-corrected chi connectivity index (χ4v) is 3.01. The first kappa shape index (κ1) is 15.1. The number of piperidine rings is 1. The lowest BCUT2D eigenvalue weighted by atomic mass is 9.74. The smallest absolute Gasteiger partial charge is 0.224 e. The summed E-state index contributed by atoms with van der Waals surface area (Å²) in [5.74, 6) is 1.83. The Balaban J connectivity index is 1.99. The van der Waals surface area contributed by atoms with Crippen molar-refractivity contribution in [2.75, 3.05) is 29.9 Å². The van der Waals surface area contributed by atoms with Crippen molar-refractivity contribution in [3.05, 3.63) is 12.3 Å². The van der Waals surface area contributed by atoms with Gasteiger partial charge in [-0.15, -0.1) is 0 Å². The van der Waals surface area contributed by atoms with Gasteiger partial charge in [-0.3, -0.25) is 0 Å². The van der Waals surface area contributed by atoms with Crippen molar-refractivity contribution in [3.63, 3.8) is 0 Å². The lowest BCUT2D eigenvalue weighted by molar-refractivity contribution is 0.199. The Labute approximate surface area is 123 Å². The van der Waals surface area contributed by atoms with E-state index in [2.05, 4.69) is 41.0 Å². The third-order valence-corrected chi connectivity index (χ3v) is 4.82. The van der Waals surface area contributed by atoms with Gasteiger partial charge in [-0.25, -0.2) is 4.98 Å². The monoisotopic (exact) mass is 276 g/mol. The van der Waals surface area contributed by atoms with Gasteiger partial charge in [-0.05, 0) is 30.7 Å². The number of rotatable bonds is 6. The van der Waals surface area contributed by atoms with Gasteiger partial charge >= 0.3 is 0 Å². The van der Waals surface area contributed by atoms with Gasteiger partial charge in [0.05, 0.1) is 0 Å². The summed E-state index contributed by atoms with van der Waals surface area (Å²) in [5, 5.41) is 3.26. The molecule has 0 bridgehead atoms. The summed E-state index contributed by atoms with van der Waals surface area (Å²) in [6, 6.07) is 2.03. The van der Waals surface area contributed by atoms with Gasteiger partial charge in [-0.2, -0.15) is 4.98 Å². The predicted octanol–water partition coefficient (Wildman–Crippen LogP) is 3.71. The van der Waals surface area contributed by atoms with E-state index in [9.17, 15) is 0 Å². The highest BCUT2D eigenvalue weighted by Gasteiger charge is 2.31. The second-order valence-electron chi connectivity index (χ2n) is 5.86. The SMILES string of the molecule is CCCNc1nccc(N2CCC(CC)(CC)CC2)n1. The van der Waals surface area contributed by atoms with Crippen molar-refractivity contribution in [1.82, 2.24) is 9.97 Å². The maximum absolute atomic E-state index is 4.64. The van der Waals surface area contributed by atoms with Gasteiger partial charge in [0.2, 0.25) is 5.95 Å². The van der Waals surface area contributed by atoms with E-state index in [1.54, 1.807) is 0 Å². The summed E-state index contributed by atoms with van der Waals surface area (Å²) in [7, 11) is 0. The highest BCUT2D eigenvalue weighted by molar-refractivity contribution is 5.43. The number of nitrogens with one attached hydrogen (secondary N) is 1. The molecule has 1 saturated heterocycles. The van der Waals surface area contributed by atoms with Gasteiger partial charge in [0.25, 0.3) is 0 Å². The van der Waals surface area contributed by atoms with Crippen LogP contribution >= 0.6 is 0 Å². The number of nitrogens with zero attached hydrogens (tertiary/aromatic N) is 3. The number of hydrogen-bond acceptors (Lipinski definition) is 4. The fraction of sp³-hybridized carbons (Fsp3) is 0.750. The molecule has 0 amide bonds. The molecule has 0 saturated carbocycles. The molecular weight excluding hydrogens is 248 g/mol. The molecule has 1 N–H and O–H groups in total. The van der Waals surface area contributed by atoms with E-state index in [0.29, 0.717) is 5.41 Å². The van der Waals surface area contributed by atoms with Gasteiger partial charge in [0.15, 0.2) is 0 Å². The molecule has 1 aliphatic heterocycles. The highest BCUT2D eigenvalue weighted by atomic mass is 15.2. The molecule has 2 heterocycles. The second kappa shape index (κ2) is 6.91. The van der Waals surface area contributed by atoms with Crippen LogP contribution in [0.2, 0.25) is 0 Å².